The van der Waals surface area contributed by atoms with Gasteiger partial charge < -0.3 is 0 Å². The molecule has 0 rings (SSSR count). The topological polar surface area (TPSA) is 14.1 Å². The fourth-order valence-electron chi connectivity index (χ4n) is 0.414. The largest absolute Gasteiger partial charge is 0.245 e. The molecular formula is C7H11N. The zero-order valence-corrected chi connectivity index (χ0v) is 5.28. The first-order valence-corrected chi connectivity index (χ1v) is 2.72. The predicted molar refractivity (Wildman–Crippen MR) is 35.3 cm³/mol. The van der Waals surface area contributed by atoms with Crippen molar-refractivity contribution in [3.8, 4) is 11.8 Å². The van der Waals surface area contributed by atoms with Gasteiger partial charge in [-0.2, -0.15) is 0 Å². The maximum Gasteiger partial charge on any atom is 0.0198 e. The van der Waals surface area contributed by atoms with Crippen LogP contribution >= 0.6 is 0 Å². The Morgan fingerprint density at radius 1 is 1.62 bits per heavy atom. The highest BCUT2D eigenvalue weighted by Gasteiger charge is 1.78. The van der Waals surface area contributed by atoms with E-state index in [2.05, 4.69) is 24.1 Å². The molecule has 8 heavy (non-hydrogen) atoms. The molecule has 0 unspecified atom stereocenters. The van der Waals surface area contributed by atoms with Gasteiger partial charge in [0.2, 0.25) is 0 Å². The Labute approximate surface area is 51.5 Å². The number of unbranched alkanes of at least 4 members (excludes halogenated alkanes) is 1. The Kier molecular flexibility index (Phi) is 6.13. The molecule has 0 saturated carbocycles. The minimum absolute atomic E-state index is 0.925. The summed E-state index contributed by atoms with van der Waals surface area (Å²) in [6, 6.07) is 0. The maximum absolute atomic E-state index is 3.92. The molecule has 0 saturated heterocycles. The molecule has 1 nitrogen and oxygen atoms in total. The van der Waals surface area contributed by atoms with Crippen LogP contribution in [0.3, 0.4) is 0 Å². The van der Waals surface area contributed by atoms with E-state index in [0.29, 0.717) is 0 Å². The summed E-state index contributed by atoms with van der Waals surface area (Å²) in [7, 11) is 1.82. The van der Waals surface area contributed by atoms with Crippen LogP contribution in [0.5, 0.6) is 0 Å². The third kappa shape index (κ3) is 5.52. The van der Waals surface area contributed by atoms with Crippen molar-refractivity contribution in [3.05, 3.63) is 6.92 Å². The Morgan fingerprint density at radius 2 is 2.38 bits per heavy atom. The monoisotopic (exact) mass is 109 g/mol. The van der Waals surface area contributed by atoms with E-state index in [1.165, 1.54) is 0 Å². The molecule has 0 amide bonds. The summed E-state index contributed by atoms with van der Waals surface area (Å²) < 4.78 is 0. The zero-order valence-electron chi connectivity index (χ0n) is 5.28. The molecule has 0 N–H and O–H groups in total. The van der Waals surface area contributed by atoms with E-state index in [9.17, 15) is 0 Å². The van der Waals surface area contributed by atoms with Crippen molar-refractivity contribution >= 4 is 0 Å². The number of hydrogen-bond acceptors (Lipinski definition) is 0. The average Bonchev–Trinajstić information content (AvgIpc) is 1.81. The fourth-order valence-corrected chi connectivity index (χ4v) is 0.414. The summed E-state index contributed by atoms with van der Waals surface area (Å²) in [5.74, 6) is 5.45. The van der Waals surface area contributed by atoms with Crippen LogP contribution in [0.4, 0.5) is 0 Å². The quantitative estimate of drug-likeness (QED) is 0.376. The van der Waals surface area contributed by atoms with Crippen LogP contribution in [-0.2, 0) is 0 Å². The molecule has 0 fully saturated rings. The highest BCUT2D eigenvalue weighted by Crippen LogP contribution is 1.82. The smallest absolute Gasteiger partial charge is 0.0198 e. The van der Waals surface area contributed by atoms with Crippen molar-refractivity contribution in [1.82, 2.24) is 5.32 Å². The van der Waals surface area contributed by atoms with Gasteiger partial charge in [0.25, 0.3) is 0 Å². The molecule has 0 aliphatic heterocycles. The normalized spacial score (nSPS) is 7.75. The molecule has 0 aromatic heterocycles. The Morgan fingerprint density at radius 3 is 2.88 bits per heavy atom. The van der Waals surface area contributed by atoms with Crippen molar-refractivity contribution in [1.29, 1.82) is 0 Å². The second kappa shape index (κ2) is 6.52. The molecule has 0 atom stereocenters. The first-order valence-electron chi connectivity index (χ1n) is 2.72. The van der Waals surface area contributed by atoms with Crippen molar-refractivity contribution in [2.45, 2.75) is 12.8 Å². The summed E-state index contributed by atoms with van der Waals surface area (Å²) in [4.78, 5) is 0. The highest BCUT2D eigenvalue weighted by molar-refractivity contribution is 5.00. The van der Waals surface area contributed by atoms with Gasteiger partial charge in [-0.25, -0.2) is 5.32 Å². The van der Waals surface area contributed by atoms with Crippen LogP contribution in [0.2, 0.25) is 0 Å². The lowest BCUT2D eigenvalue weighted by molar-refractivity contribution is 0.730. The van der Waals surface area contributed by atoms with E-state index >= 15 is 0 Å². The van der Waals surface area contributed by atoms with Crippen LogP contribution in [0.1, 0.15) is 12.8 Å². The van der Waals surface area contributed by atoms with Crippen LogP contribution in [-0.4, -0.2) is 13.6 Å². The first kappa shape index (κ1) is 7.52. The summed E-state index contributed by atoms with van der Waals surface area (Å²) in [5.41, 5.74) is 0. The van der Waals surface area contributed by atoms with Gasteiger partial charge in [-0.1, -0.05) is 0 Å². The van der Waals surface area contributed by atoms with Gasteiger partial charge in [0.05, 0.1) is 0 Å². The minimum atomic E-state index is 0.925. The summed E-state index contributed by atoms with van der Waals surface area (Å²) in [6.45, 7) is 4.32. The molecule has 44 valence electrons. The molecule has 1 heteroatoms. The van der Waals surface area contributed by atoms with E-state index < -0.39 is 0 Å². The van der Waals surface area contributed by atoms with Crippen molar-refractivity contribution in [2.75, 3.05) is 13.6 Å². The Bertz CT molecular complexity index is 86.3. The molecule has 2 radical (unpaired) electrons. The van der Waals surface area contributed by atoms with Crippen molar-refractivity contribution in [3.63, 3.8) is 0 Å². The van der Waals surface area contributed by atoms with E-state index in [1.54, 1.807) is 0 Å². The first-order chi connectivity index (χ1) is 3.91. The van der Waals surface area contributed by atoms with E-state index in [1.807, 2.05) is 7.05 Å². The highest BCUT2D eigenvalue weighted by atomic mass is 14.8. The molecule has 0 spiro atoms. The van der Waals surface area contributed by atoms with E-state index in [4.69, 9.17) is 0 Å². The second-order valence-electron chi connectivity index (χ2n) is 1.50. The van der Waals surface area contributed by atoms with Crippen LogP contribution in [0, 0.1) is 18.8 Å². The molecule has 0 aromatic rings. The minimum Gasteiger partial charge on any atom is -0.245 e. The molecule has 0 aliphatic carbocycles. The van der Waals surface area contributed by atoms with Crippen molar-refractivity contribution < 1.29 is 0 Å². The van der Waals surface area contributed by atoms with Gasteiger partial charge in [0, 0.05) is 26.9 Å². The average molecular weight is 109 g/mol. The third-order valence-corrected chi connectivity index (χ3v) is 0.808. The summed E-state index contributed by atoms with van der Waals surface area (Å²) >= 11 is 0. The summed E-state index contributed by atoms with van der Waals surface area (Å²) in [5, 5.41) is 3.92. The van der Waals surface area contributed by atoms with Gasteiger partial charge in [0.15, 0.2) is 0 Å². The number of rotatable bonds is 3. The SMILES string of the molecule is [CH2]C#CCCC[N]C. The molecular weight excluding hydrogens is 98.1 g/mol. The number of nitrogens with zero attached hydrogens (tertiary/aromatic N) is 1. The Balaban J connectivity index is 2.79. The fraction of sp³-hybridized carbons (Fsp3) is 0.571. The van der Waals surface area contributed by atoms with Gasteiger partial charge in [-0.15, -0.1) is 11.8 Å². The molecule has 0 aromatic carbocycles. The Hall–Kier alpha value is -0.480. The lowest BCUT2D eigenvalue weighted by Crippen LogP contribution is -1.97. The second-order valence-corrected chi connectivity index (χ2v) is 1.50. The van der Waals surface area contributed by atoms with Crippen LogP contribution < -0.4 is 5.32 Å². The van der Waals surface area contributed by atoms with Gasteiger partial charge in [-0.3, -0.25) is 0 Å². The molecule has 0 aliphatic rings. The molecule has 0 bridgehead atoms. The summed E-state index contributed by atoms with van der Waals surface area (Å²) in [6.07, 6.45) is 2.00. The lowest BCUT2D eigenvalue weighted by atomic mass is 10.3. The molecule has 0 heterocycles. The standard InChI is InChI=1S/C7H11N/c1-3-4-5-6-7-8-2/h1,5-7H2,2H3. The van der Waals surface area contributed by atoms with Crippen molar-refractivity contribution in [2.24, 2.45) is 0 Å². The van der Waals surface area contributed by atoms with Crippen LogP contribution in [0.15, 0.2) is 0 Å². The van der Waals surface area contributed by atoms with E-state index in [0.717, 1.165) is 19.4 Å². The van der Waals surface area contributed by atoms with Gasteiger partial charge >= 0.3 is 0 Å². The van der Waals surface area contributed by atoms with E-state index in [-0.39, 0.29) is 0 Å². The van der Waals surface area contributed by atoms with Crippen LogP contribution in [0.25, 0.3) is 0 Å². The lowest BCUT2D eigenvalue weighted by Gasteiger charge is -1.87. The predicted octanol–water partition coefficient (Wildman–Crippen LogP) is 0.838. The zero-order chi connectivity index (χ0) is 6.24. The van der Waals surface area contributed by atoms with Gasteiger partial charge in [0.1, 0.15) is 0 Å². The number of hydrogen-bond donors (Lipinski definition) is 0. The third-order valence-electron chi connectivity index (χ3n) is 0.808. The maximum atomic E-state index is 3.92. The van der Waals surface area contributed by atoms with Gasteiger partial charge in [-0.05, 0) is 6.42 Å².